The Morgan fingerprint density at radius 3 is 1.94 bits per heavy atom. The highest BCUT2D eigenvalue weighted by molar-refractivity contribution is 6.03. The van der Waals surface area contributed by atoms with Crippen molar-refractivity contribution in [1.29, 1.82) is 0 Å². The number of Topliss-reactive ketones (excluding diaryl/α,β-unsaturated/α-hetero) is 1. The molecular formula is C15H26O3. The maximum Gasteiger partial charge on any atom is 0.244 e. The molecule has 0 spiro atoms. The number of rotatable bonds is 2. The van der Waals surface area contributed by atoms with E-state index in [0.29, 0.717) is 17.9 Å². The first-order valence-electron chi connectivity index (χ1n) is 6.58. The number of allylic oxidation sites excluding steroid dienone is 1. The zero-order valence-corrected chi connectivity index (χ0v) is 12.9. The summed E-state index contributed by atoms with van der Waals surface area (Å²) in [7, 11) is 0. The summed E-state index contributed by atoms with van der Waals surface area (Å²) in [4.78, 5) is 12.7. The van der Waals surface area contributed by atoms with E-state index in [4.69, 9.17) is 9.47 Å². The smallest absolute Gasteiger partial charge is 0.244 e. The molecule has 1 unspecified atom stereocenters. The van der Waals surface area contributed by atoms with Gasteiger partial charge in [-0.1, -0.05) is 27.7 Å². The molecule has 0 bridgehead atoms. The second-order valence-corrected chi connectivity index (χ2v) is 6.96. The molecule has 0 radical (unpaired) electrons. The van der Waals surface area contributed by atoms with Crippen molar-refractivity contribution < 1.29 is 14.3 Å². The minimum absolute atomic E-state index is 0.0232. The third kappa shape index (κ3) is 2.40. The summed E-state index contributed by atoms with van der Waals surface area (Å²) in [5.41, 5.74) is -1.45. The summed E-state index contributed by atoms with van der Waals surface area (Å²) in [6.07, 6.45) is 0.643. The van der Waals surface area contributed by atoms with Crippen LogP contribution in [0.2, 0.25) is 0 Å². The quantitative estimate of drug-likeness (QED) is 0.751. The van der Waals surface area contributed by atoms with Gasteiger partial charge in [-0.25, -0.2) is 0 Å². The zero-order chi connectivity index (χ0) is 14.4. The van der Waals surface area contributed by atoms with Crippen molar-refractivity contribution in [2.24, 2.45) is 5.41 Å². The fraction of sp³-hybridized carbons (Fsp3) is 0.800. The van der Waals surface area contributed by atoms with Crippen LogP contribution in [0.1, 0.15) is 61.8 Å². The molecular weight excluding hydrogens is 228 g/mol. The summed E-state index contributed by atoms with van der Waals surface area (Å²) in [6.45, 7) is 15.7. The lowest BCUT2D eigenvalue weighted by atomic mass is 9.72. The minimum Gasteiger partial charge on any atom is -0.481 e. The predicted octanol–water partition coefficient (Wildman–Crippen LogP) is 3.83. The van der Waals surface area contributed by atoms with Gasteiger partial charge in [0.25, 0.3) is 0 Å². The molecule has 1 aliphatic heterocycles. The van der Waals surface area contributed by atoms with Crippen LogP contribution in [0.3, 0.4) is 0 Å². The van der Waals surface area contributed by atoms with E-state index in [0.717, 1.165) is 0 Å². The van der Waals surface area contributed by atoms with Crippen LogP contribution in [-0.2, 0) is 14.3 Å². The third-order valence-corrected chi connectivity index (χ3v) is 3.34. The fourth-order valence-corrected chi connectivity index (χ4v) is 2.38. The van der Waals surface area contributed by atoms with Gasteiger partial charge in [-0.3, -0.25) is 4.79 Å². The molecule has 1 aliphatic rings. The molecule has 1 rings (SSSR count). The van der Waals surface area contributed by atoms with E-state index in [1.54, 1.807) is 0 Å². The minimum atomic E-state index is -0.794. The van der Waals surface area contributed by atoms with E-state index in [1.165, 1.54) is 0 Å². The lowest BCUT2D eigenvalue weighted by molar-refractivity contribution is -0.146. The van der Waals surface area contributed by atoms with Crippen LogP contribution in [0.4, 0.5) is 0 Å². The number of hydrogen-bond donors (Lipinski definition) is 0. The molecule has 1 atom stereocenters. The molecule has 0 N–H and O–H groups in total. The van der Waals surface area contributed by atoms with E-state index in [2.05, 4.69) is 0 Å². The van der Waals surface area contributed by atoms with Crippen molar-refractivity contribution in [1.82, 2.24) is 0 Å². The zero-order valence-electron chi connectivity index (χ0n) is 12.9. The van der Waals surface area contributed by atoms with E-state index in [-0.39, 0.29) is 11.2 Å². The lowest BCUT2D eigenvalue weighted by Gasteiger charge is -2.39. The predicted molar refractivity (Wildman–Crippen MR) is 72.1 cm³/mol. The molecule has 0 aromatic heterocycles. The lowest BCUT2D eigenvalue weighted by Crippen LogP contribution is -2.49. The average Bonchev–Trinajstić information content (AvgIpc) is 2.40. The highest BCUT2D eigenvalue weighted by Gasteiger charge is 2.56. The molecule has 0 aliphatic carbocycles. The van der Waals surface area contributed by atoms with Crippen molar-refractivity contribution in [2.75, 3.05) is 0 Å². The van der Waals surface area contributed by atoms with Crippen LogP contribution >= 0.6 is 0 Å². The number of hydrogen-bond acceptors (Lipinski definition) is 3. The Morgan fingerprint density at radius 1 is 1.17 bits per heavy atom. The highest BCUT2D eigenvalue weighted by Crippen LogP contribution is 2.46. The largest absolute Gasteiger partial charge is 0.481 e. The topological polar surface area (TPSA) is 35.5 Å². The Hall–Kier alpha value is -0.990. The summed E-state index contributed by atoms with van der Waals surface area (Å²) < 4.78 is 11.7. The van der Waals surface area contributed by atoms with Gasteiger partial charge in [0.1, 0.15) is 11.4 Å². The maximum absolute atomic E-state index is 12.7. The SMILES string of the molecule is CCC1(C(C)(C)C)OC(C)=C(OC(C)(C)C)C1=O. The maximum atomic E-state index is 12.7. The number of ether oxygens (including phenoxy) is 2. The second kappa shape index (κ2) is 4.29. The van der Waals surface area contributed by atoms with Gasteiger partial charge < -0.3 is 9.47 Å². The van der Waals surface area contributed by atoms with Gasteiger partial charge in [0.05, 0.1) is 0 Å². The van der Waals surface area contributed by atoms with Crippen molar-refractivity contribution in [3.8, 4) is 0 Å². The van der Waals surface area contributed by atoms with Crippen LogP contribution in [0.15, 0.2) is 11.5 Å². The number of carbonyl (C=O) groups excluding carboxylic acids is 1. The molecule has 3 heteroatoms. The third-order valence-electron chi connectivity index (χ3n) is 3.34. The van der Waals surface area contributed by atoms with Gasteiger partial charge in [0.2, 0.25) is 11.5 Å². The van der Waals surface area contributed by atoms with Crippen molar-refractivity contribution in [3.05, 3.63) is 11.5 Å². The molecule has 18 heavy (non-hydrogen) atoms. The summed E-state index contributed by atoms with van der Waals surface area (Å²) in [5.74, 6) is 0.968. The molecule has 0 aromatic rings. The number of ketones is 1. The molecule has 0 saturated heterocycles. The molecule has 0 amide bonds. The first kappa shape index (κ1) is 15.1. The van der Waals surface area contributed by atoms with Gasteiger partial charge in [0, 0.05) is 5.41 Å². The molecule has 1 heterocycles. The molecule has 0 aromatic carbocycles. The van der Waals surface area contributed by atoms with E-state index < -0.39 is 11.2 Å². The van der Waals surface area contributed by atoms with Crippen LogP contribution in [-0.4, -0.2) is 17.0 Å². The Labute approximate surface area is 111 Å². The van der Waals surface area contributed by atoms with Gasteiger partial charge in [0.15, 0.2) is 5.60 Å². The number of carbonyl (C=O) groups is 1. The van der Waals surface area contributed by atoms with E-state index in [9.17, 15) is 4.79 Å². The normalized spacial score (nSPS) is 25.4. The molecule has 0 fully saturated rings. The fourth-order valence-electron chi connectivity index (χ4n) is 2.38. The molecule has 104 valence electrons. The van der Waals surface area contributed by atoms with Crippen LogP contribution < -0.4 is 0 Å². The van der Waals surface area contributed by atoms with Crippen LogP contribution in [0.25, 0.3) is 0 Å². The van der Waals surface area contributed by atoms with Gasteiger partial charge in [-0.2, -0.15) is 0 Å². The summed E-state index contributed by atoms with van der Waals surface area (Å²) in [5, 5.41) is 0. The van der Waals surface area contributed by atoms with E-state index >= 15 is 0 Å². The molecule has 0 saturated carbocycles. The van der Waals surface area contributed by atoms with Gasteiger partial charge in [-0.05, 0) is 34.1 Å². The van der Waals surface area contributed by atoms with Crippen LogP contribution in [0.5, 0.6) is 0 Å². The highest BCUT2D eigenvalue weighted by atomic mass is 16.6. The monoisotopic (exact) mass is 254 g/mol. The van der Waals surface area contributed by atoms with Crippen molar-refractivity contribution >= 4 is 5.78 Å². The first-order valence-corrected chi connectivity index (χ1v) is 6.58. The van der Waals surface area contributed by atoms with E-state index in [1.807, 2.05) is 55.4 Å². The Balaban J connectivity index is 3.14. The second-order valence-electron chi connectivity index (χ2n) is 6.96. The van der Waals surface area contributed by atoms with Gasteiger partial charge >= 0.3 is 0 Å². The van der Waals surface area contributed by atoms with Crippen molar-refractivity contribution in [3.63, 3.8) is 0 Å². The Bertz CT molecular complexity index is 380. The summed E-state index contributed by atoms with van der Waals surface area (Å²) >= 11 is 0. The van der Waals surface area contributed by atoms with Crippen molar-refractivity contribution in [2.45, 2.75) is 73.0 Å². The standard InChI is InChI=1S/C15H26O3/c1-9-15(13(3,4)5)12(16)11(10(2)17-15)18-14(6,7)8/h9H2,1-8H3. The van der Waals surface area contributed by atoms with Gasteiger partial charge in [-0.15, -0.1) is 0 Å². The Kier molecular flexibility index (Phi) is 3.59. The molecule has 3 nitrogen and oxygen atoms in total. The Morgan fingerprint density at radius 2 is 1.67 bits per heavy atom. The van der Waals surface area contributed by atoms with Crippen LogP contribution in [0, 0.1) is 5.41 Å². The summed E-state index contributed by atoms with van der Waals surface area (Å²) in [6, 6.07) is 0. The first-order chi connectivity index (χ1) is 7.94. The average molecular weight is 254 g/mol.